The highest BCUT2D eigenvalue weighted by molar-refractivity contribution is 7.12. The minimum absolute atomic E-state index is 0.214. The SMILES string of the molecule is Cc1cc(C)c(-c2c(O)nc(-c3ccc(F)cc3)sc2=O)cc1C. The van der Waals surface area contributed by atoms with Crippen LogP contribution in [-0.2, 0) is 0 Å². The fraction of sp³-hybridized carbons (Fsp3) is 0.158. The van der Waals surface area contributed by atoms with E-state index in [1.54, 1.807) is 0 Å². The molecular weight excluding hydrogens is 325 g/mol. The first-order valence-electron chi connectivity index (χ1n) is 7.45. The first-order valence-corrected chi connectivity index (χ1v) is 8.26. The number of rotatable bonds is 2. The quantitative estimate of drug-likeness (QED) is 0.741. The highest BCUT2D eigenvalue weighted by atomic mass is 32.1. The number of halogens is 1. The van der Waals surface area contributed by atoms with E-state index >= 15 is 0 Å². The molecule has 0 radical (unpaired) electrons. The van der Waals surface area contributed by atoms with Gasteiger partial charge in [0.15, 0.2) is 0 Å². The van der Waals surface area contributed by atoms with Crippen molar-refractivity contribution < 1.29 is 9.50 Å². The van der Waals surface area contributed by atoms with Crippen LogP contribution in [0.15, 0.2) is 41.2 Å². The van der Waals surface area contributed by atoms with Crippen LogP contribution in [0.2, 0.25) is 0 Å². The number of aryl methyl sites for hydroxylation is 3. The van der Waals surface area contributed by atoms with Crippen molar-refractivity contribution in [2.24, 2.45) is 0 Å². The fourth-order valence-corrected chi connectivity index (χ4v) is 3.45. The molecule has 0 amide bonds. The van der Waals surface area contributed by atoms with Crippen LogP contribution in [0.3, 0.4) is 0 Å². The van der Waals surface area contributed by atoms with Gasteiger partial charge in [-0.3, -0.25) is 4.79 Å². The molecule has 2 aromatic carbocycles. The number of nitrogens with zero attached hydrogens (tertiary/aromatic N) is 1. The smallest absolute Gasteiger partial charge is 0.247 e. The number of hydrogen-bond donors (Lipinski definition) is 1. The van der Waals surface area contributed by atoms with Crippen LogP contribution in [0, 0.1) is 26.6 Å². The third-order valence-electron chi connectivity index (χ3n) is 4.03. The molecule has 3 aromatic rings. The van der Waals surface area contributed by atoms with E-state index < -0.39 is 0 Å². The van der Waals surface area contributed by atoms with Crippen molar-refractivity contribution in [2.75, 3.05) is 0 Å². The summed E-state index contributed by atoms with van der Waals surface area (Å²) in [5, 5.41) is 10.7. The van der Waals surface area contributed by atoms with E-state index in [0.717, 1.165) is 28.0 Å². The number of hydrogen-bond acceptors (Lipinski definition) is 4. The average Bonchev–Trinajstić information content (AvgIpc) is 2.52. The Hall–Kier alpha value is -2.53. The summed E-state index contributed by atoms with van der Waals surface area (Å²) in [5.41, 5.74) is 4.58. The lowest BCUT2D eigenvalue weighted by Gasteiger charge is -2.11. The van der Waals surface area contributed by atoms with E-state index in [2.05, 4.69) is 4.98 Å². The van der Waals surface area contributed by atoms with Crippen molar-refractivity contribution >= 4 is 11.3 Å². The maximum Gasteiger partial charge on any atom is 0.247 e. The molecule has 24 heavy (non-hydrogen) atoms. The summed E-state index contributed by atoms with van der Waals surface area (Å²) >= 11 is 0.942. The Morgan fingerprint density at radius 3 is 2.25 bits per heavy atom. The van der Waals surface area contributed by atoms with Crippen LogP contribution < -0.4 is 4.74 Å². The zero-order valence-electron chi connectivity index (χ0n) is 13.6. The van der Waals surface area contributed by atoms with E-state index in [1.165, 1.54) is 24.3 Å². The van der Waals surface area contributed by atoms with Gasteiger partial charge < -0.3 is 5.11 Å². The van der Waals surface area contributed by atoms with E-state index in [0.29, 0.717) is 16.1 Å². The molecule has 0 saturated heterocycles. The summed E-state index contributed by atoms with van der Waals surface area (Å²) < 4.78 is 12.8. The topological polar surface area (TPSA) is 50.2 Å². The molecular formula is C19H16FNO2S. The Bertz CT molecular complexity index is 978. The first-order chi connectivity index (χ1) is 11.4. The molecule has 1 N–H and O–H groups in total. The third kappa shape index (κ3) is 2.95. The summed E-state index contributed by atoms with van der Waals surface area (Å²) in [4.78, 5) is 16.7. The maximum atomic E-state index is 13.0. The molecule has 122 valence electrons. The first kappa shape index (κ1) is 16.3. The summed E-state index contributed by atoms with van der Waals surface area (Å²) in [6.45, 7) is 5.87. The molecule has 3 rings (SSSR count). The van der Waals surface area contributed by atoms with Crippen molar-refractivity contribution in [1.82, 2.24) is 4.98 Å². The standard InChI is InChI=1S/C19H16FNO2S/c1-10-8-12(3)15(9-11(10)2)16-17(22)21-18(24-19(16)23)13-4-6-14(20)7-5-13/h4-9,22H,1-3H3. The normalized spacial score (nSPS) is 10.8. The minimum atomic E-state index is -0.363. The summed E-state index contributed by atoms with van der Waals surface area (Å²) in [7, 11) is 0. The van der Waals surface area contributed by atoms with E-state index in [-0.39, 0.29) is 22.0 Å². The van der Waals surface area contributed by atoms with Crippen LogP contribution in [0.5, 0.6) is 5.88 Å². The van der Waals surface area contributed by atoms with Crippen molar-refractivity contribution in [1.29, 1.82) is 0 Å². The summed E-state index contributed by atoms with van der Waals surface area (Å²) in [6.07, 6.45) is 0. The second kappa shape index (κ2) is 6.17. The second-order valence-corrected chi connectivity index (χ2v) is 6.72. The lowest BCUT2D eigenvalue weighted by Crippen LogP contribution is -2.04. The molecule has 0 spiro atoms. The lowest BCUT2D eigenvalue weighted by molar-refractivity contribution is 0.457. The van der Waals surface area contributed by atoms with Gasteiger partial charge in [0.1, 0.15) is 16.4 Å². The molecule has 0 aliphatic rings. The van der Waals surface area contributed by atoms with E-state index in [4.69, 9.17) is 0 Å². The van der Waals surface area contributed by atoms with E-state index in [9.17, 15) is 14.3 Å². The Labute approximate surface area is 143 Å². The zero-order chi connectivity index (χ0) is 17.4. The number of aromatic nitrogens is 1. The zero-order valence-corrected chi connectivity index (χ0v) is 14.4. The molecule has 0 unspecified atom stereocenters. The maximum absolute atomic E-state index is 13.0. The molecule has 0 aliphatic carbocycles. The molecule has 1 heterocycles. The van der Waals surface area contributed by atoms with Gasteiger partial charge in [-0.1, -0.05) is 23.5 Å². The highest BCUT2D eigenvalue weighted by Crippen LogP contribution is 2.32. The molecule has 5 heteroatoms. The average molecular weight is 341 g/mol. The largest absolute Gasteiger partial charge is 0.493 e. The number of aromatic hydroxyl groups is 1. The van der Waals surface area contributed by atoms with Crippen molar-refractivity contribution in [2.45, 2.75) is 20.8 Å². The predicted octanol–water partition coefficient (Wildman–Crippen LogP) is 4.61. The second-order valence-electron chi connectivity index (χ2n) is 5.76. The fourth-order valence-electron chi connectivity index (χ4n) is 2.58. The Morgan fingerprint density at radius 1 is 1.00 bits per heavy atom. The molecule has 0 atom stereocenters. The molecule has 1 aromatic heterocycles. The summed E-state index contributed by atoms with van der Waals surface area (Å²) in [5.74, 6) is -0.665. The van der Waals surface area contributed by atoms with Crippen LogP contribution in [-0.4, -0.2) is 10.1 Å². The minimum Gasteiger partial charge on any atom is -0.493 e. The van der Waals surface area contributed by atoms with Crippen molar-refractivity contribution in [3.63, 3.8) is 0 Å². The Balaban J connectivity index is 2.17. The van der Waals surface area contributed by atoms with Gasteiger partial charge in [-0.25, -0.2) is 9.37 Å². The lowest BCUT2D eigenvalue weighted by atomic mass is 9.97. The monoisotopic (exact) mass is 341 g/mol. The van der Waals surface area contributed by atoms with Gasteiger partial charge in [-0.05, 0) is 67.3 Å². The van der Waals surface area contributed by atoms with Gasteiger partial charge >= 0.3 is 0 Å². The van der Waals surface area contributed by atoms with Gasteiger partial charge in [0.2, 0.25) is 10.6 Å². The Kier molecular flexibility index (Phi) is 4.20. The van der Waals surface area contributed by atoms with Crippen LogP contribution >= 0.6 is 11.3 Å². The summed E-state index contributed by atoms with van der Waals surface area (Å²) in [6, 6.07) is 9.55. The van der Waals surface area contributed by atoms with E-state index in [1.807, 2.05) is 32.9 Å². The van der Waals surface area contributed by atoms with Crippen molar-refractivity contribution in [3.8, 4) is 27.6 Å². The molecule has 0 saturated carbocycles. The van der Waals surface area contributed by atoms with Crippen LogP contribution in [0.25, 0.3) is 21.7 Å². The predicted molar refractivity (Wildman–Crippen MR) is 95.1 cm³/mol. The van der Waals surface area contributed by atoms with Crippen molar-refractivity contribution in [3.05, 3.63) is 68.4 Å². The van der Waals surface area contributed by atoms with Gasteiger partial charge in [0.05, 0.1) is 0 Å². The highest BCUT2D eigenvalue weighted by Gasteiger charge is 2.17. The molecule has 0 bridgehead atoms. The van der Waals surface area contributed by atoms with Gasteiger partial charge in [-0.2, -0.15) is 0 Å². The van der Waals surface area contributed by atoms with Crippen LogP contribution in [0.4, 0.5) is 4.39 Å². The molecule has 0 fully saturated rings. The van der Waals surface area contributed by atoms with Gasteiger partial charge in [0, 0.05) is 5.56 Å². The van der Waals surface area contributed by atoms with Crippen LogP contribution in [0.1, 0.15) is 16.7 Å². The number of benzene rings is 2. The van der Waals surface area contributed by atoms with Gasteiger partial charge in [-0.15, -0.1) is 0 Å². The third-order valence-corrected chi connectivity index (χ3v) is 4.94. The Morgan fingerprint density at radius 2 is 1.62 bits per heavy atom. The molecule has 3 nitrogen and oxygen atoms in total. The molecule has 0 aliphatic heterocycles. The van der Waals surface area contributed by atoms with Gasteiger partial charge in [0.25, 0.3) is 0 Å².